The highest BCUT2D eigenvalue weighted by atomic mass is 32.1. The first-order chi connectivity index (χ1) is 12.8. The van der Waals surface area contributed by atoms with Crippen molar-refractivity contribution in [2.24, 2.45) is 11.3 Å². The summed E-state index contributed by atoms with van der Waals surface area (Å²) in [5.74, 6) is 6.28. The van der Waals surface area contributed by atoms with Gasteiger partial charge >= 0.3 is 12.1 Å². The van der Waals surface area contributed by atoms with Gasteiger partial charge in [0.05, 0.1) is 23.7 Å². The fraction of sp³-hybridized carbons (Fsp3) is 0.619. The zero-order valence-electron chi connectivity index (χ0n) is 16.5. The summed E-state index contributed by atoms with van der Waals surface area (Å²) in [6.45, 7) is 6.48. The quantitative estimate of drug-likeness (QED) is 0.548. The van der Waals surface area contributed by atoms with Crippen LogP contribution in [-0.4, -0.2) is 31.8 Å². The lowest BCUT2D eigenvalue weighted by Crippen LogP contribution is -2.40. The Morgan fingerprint density at radius 1 is 1.30 bits per heavy atom. The van der Waals surface area contributed by atoms with E-state index in [9.17, 15) is 9.59 Å². The molecule has 1 aliphatic heterocycles. The van der Waals surface area contributed by atoms with E-state index < -0.39 is 5.97 Å². The van der Waals surface area contributed by atoms with Crippen LogP contribution in [0.15, 0.2) is 6.07 Å². The van der Waals surface area contributed by atoms with Crippen molar-refractivity contribution in [2.45, 2.75) is 58.9 Å². The summed E-state index contributed by atoms with van der Waals surface area (Å²) in [5, 5.41) is 0. The summed E-state index contributed by atoms with van der Waals surface area (Å²) in [7, 11) is 1.35. The molecule has 2 aliphatic rings. The molecule has 27 heavy (non-hydrogen) atoms. The average Bonchev–Trinajstić information content (AvgIpc) is 3.22. The van der Waals surface area contributed by atoms with E-state index in [0.29, 0.717) is 23.1 Å². The lowest BCUT2D eigenvalue weighted by Gasteiger charge is -2.31. The van der Waals surface area contributed by atoms with Crippen molar-refractivity contribution >= 4 is 29.1 Å². The lowest BCUT2D eigenvalue weighted by molar-refractivity contribution is 0.0607. The van der Waals surface area contributed by atoms with Crippen molar-refractivity contribution in [2.75, 3.05) is 18.6 Å². The number of cyclic esters (lactones) is 1. The molecule has 1 aromatic rings. The summed E-state index contributed by atoms with van der Waals surface area (Å²) in [6.07, 6.45) is 5.40. The van der Waals surface area contributed by atoms with Crippen molar-refractivity contribution in [1.29, 1.82) is 0 Å². The highest BCUT2D eigenvalue weighted by Gasteiger charge is 2.42. The molecule has 146 valence electrons. The monoisotopic (exact) mass is 389 g/mol. The van der Waals surface area contributed by atoms with E-state index in [4.69, 9.17) is 9.47 Å². The predicted molar refractivity (Wildman–Crippen MR) is 106 cm³/mol. The topological polar surface area (TPSA) is 55.8 Å². The van der Waals surface area contributed by atoms with Gasteiger partial charge in [-0.15, -0.1) is 11.3 Å². The van der Waals surface area contributed by atoms with Gasteiger partial charge in [-0.25, -0.2) is 9.59 Å². The van der Waals surface area contributed by atoms with Gasteiger partial charge in [-0.1, -0.05) is 31.1 Å². The molecule has 2 heterocycles. The van der Waals surface area contributed by atoms with Crippen molar-refractivity contribution in [1.82, 2.24) is 0 Å². The van der Waals surface area contributed by atoms with Gasteiger partial charge in [0, 0.05) is 5.41 Å². The first kappa shape index (κ1) is 19.8. The van der Waals surface area contributed by atoms with Gasteiger partial charge < -0.3 is 9.47 Å². The van der Waals surface area contributed by atoms with Crippen LogP contribution < -0.4 is 4.90 Å². The van der Waals surface area contributed by atoms with Crippen molar-refractivity contribution in [3.63, 3.8) is 0 Å². The Labute approximate surface area is 165 Å². The Balaban J connectivity index is 1.98. The molecule has 0 aromatic carbocycles. The predicted octanol–water partition coefficient (Wildman–Crippen LogP) is 4.84. The third-order valence-corrected chi connectivity index (χ3v) is 6.02. The second kappa shape index (κ2) is 7.93. The Bertz CT molecular complexity index is 774. The molecule has 0 spiro atoms. The Hall–Kier alpha value is -2.00. The molecule has 2 fully saturated rings. The van der Waals surface area contributed by atoms with Crippen LogP contribution in [0, 0.1) is 23.2 Å². The number of hydrogen-bond donors (Lipinski definition) is 0. The van der Waals surface area contributed by atoms with Crippen LogP contribution in [0.5, 0.6) is 0 Å². The highest BCUT2D eigenvalue weighted by molar-refractivity contribution is 7.15. The minimum atomic E-state index is -0.444. The first-order valence-corrected chi connectivity index (χ1v) is 10.3. The fourth-order valence-electron chi connectivity index (χ4n) is 3.69. The molecular weight excluding hydrogens is 362 g/mol. The van der Waals surface area contributed by atoms with Crippen LogP contribution in [-0.2, 0) is 9.47 Å². The summed E-state index contributed by atoms with van der Waals surface area (Å²) < 4.78 is 10.3. The number of thiophene rings is 1. The number of amides is 1. The summed E-state index contributed by atoms with van der Waals surface area (Å²) in [4.78, 5) is 27.7. The van der Waals surface area contributed by atoms with Gasteiger partial charge in [-0.2, -0.15) is 0 Å². The van der Waals surface area contributed by atoms with E-state index in [1.807, 2.05) is 26.8 Å². The van der Waals surface area contributed by atoms with Gasteiger partial charge in [0.25, 0.3) is 0 Å². The van der Waals surface area contributed by atoms with Gasteiger partial charge in [0.2, 0.25) is 0 Å². The minimum absolute atomic E-state index is 0.0285. The Morgan fingerprint density at radius 3 is 2.63 bits per heavy atom. The van der Waals surface area contributed by atoms with E-state index in [2.05, 4.69) is 11.8 Å². The van der Waals surface area contributed by atoms with Gasteiger partial charge in [-0.3, -0.25) is 4.90 Å². The molecule has 1 amide bonds. The Kier molecular flexibility index (Phi) is 5.81. The molecule has 1 aliphatic carbocycles. The SMILES string of the molecule is COC(=O)c1sc(C#CC(C)(C)C)cc1N1C(=O)OCC1C1CCCCC1. The number of carbonyl (C=O) groups is 2. The van der Waals surface area contributed by atoms with Crippen LogP contribution in [0.2, 0.25) is 0 Å². The molecule has 1 saturated heterocycles. The summed E-state index contributed by atoms with van der Waals surface area (Å²) in [5.41, 5.74) is 0.426. The normalized spacial score (nSPS) is 20.8. The number of anilines is 1. The van der Waals surface area contributed by atoms with E-state index in [-0.39, 0.29) is 17.6 Å². The molecule has 0 bridgehead atoms. The van der Waals surface area contributed by atoms with Crippen LogP contribution >= 0.6 is 11.3 Å². The highest BCUT2D eigenvalue weighted by Crippen LogP contribution is 2.39. The van der Waals surface area contributed by atoms with Crippen molar-refractivity contribution in [3.05, 3.63) is 15.8 Å². The molecule has 0 radical (unpaired) electrons. The van der Waals surface area contributed by atoms with Crippen molar-refractivity contribution < 1.29 is 19.1 Å². The third kappa shape index (κ3) is 4.47. The van der Waals surface area contributed by atoms with Gasteiger partial charge in [0.1, 0.15) is 11.5 Å². The first-order valence-electron chi connectivity index (χ1n) is 9.51. The number of hydrogen-bond acceptors (Lipinski definition) is 5. The third-order valence-electron chi connectivity index (χ3n) is 5.00. The maximum Gasteiger partial charge on any atom is 0.414 e. The molecule has 5 nitrogen and oxygen atoms in total. The number of ether oxygens (including phenoxy) is 2. The maximum atomic E-state index is 12.5. The largest absolute Gasteiger partial charge is 0.465 e. The van der Waals surface area contributed by atoms with Crippen LogP contribution in [0.1, 0.15) is 67.4 Å². The fourth-order valence-corrected chi connectivity index (χ4v) is 4.61. The maximum absolute atomic E-state index is 12.5. The molecule has 3 rings (SSSR count). The van der Waals surface area contributed by atoms with Gasteiger partial charge in [0.15, 0.2) is 0 Å². The molecule has 1 atom stereocenters. The van der Waals surface area contributed by atoms with E-state index in [0.717, 1.165) is 17.7 Å². The summed E-state index contributed by atoms with van der Waals surface area (Å²) >= 11 is 1.27. The van der Waals surface area contributed by atoms with Crippen molar-refractivity contribution in [3.8, 4) is 11.8 Å². The molecule has 6 heteroatoms. The summed E-state index contributed by atoms with van der Waals surface area (Å²) in [6, 6.07) is 1.80. The number of esters is 1. The van der Waals surface area contributed by atoms with E-state index in [1.54, 1.807) is 4.90 Å². The Morgan fingerprint density at radius 2 is 2.00 bits per heavy atom. The molecular formula is C21H27NO4S. The van der Waals surface area contributed by atoms with Gasteiger partial charge in [-0.05, 0) is 45.6 Å². The van der Waals surface area contributed by atoms with E-state index in [1.165, 1.54) is 37.7 Å². The number of methoxy groups -OCH3 is 1. The second-order valence-corrected chi connectivity index (χ2v) is 9.28. The van der Waals surface area contributed by atoms with E-state index >= 15 is 0 Å². The smallest absolute Gasteiger partial charge is 0.414 e. The number of nitrogens with zero attached hydrogens (tertiary/aromatic N) is 1. The molecule has 1 aromatic heterocycles. The number of rotatable bonds is 3. The average molecular weight is 390 g/mol. The van der Waals surface area contributed by atoms with Crippen LogP contribution in [0.3, 0.4) is 0 Å². The second-order valence-electron chi connectivity index (χ2n) is 8.23. The minimum Gasteiger partial charge on any atom is -0.465 e. The standard InChI is InChI=1S/C21H27NO4S/c1-21(2,3)11-10-15-12-16(18(27-15)19(23)25-4)22-17(13-26-20(22)24)14-8-6-5-7-9-14/h12,14,17H,5-9,13H2,1-4H3. The molecule has 0 N–H and O–H groups in total. The molecule has 1 saturated carbocycles. The lowest BCUT2D eigenvalue weighted by atomic mass is 9.83. The zero-order valence-corrected chi connectivity index (χ0v) is 17.3. The van der Waals surface area contributed by atoms with Crippen LogP contribution in [0.4, 0.5) is 10.5 Å². The zero-order chi connectivity index (χ0) is 19.6. The number of carbonyl (C=O) groups excluding carboxylic acids is 2. The molecule has 1 unspecified atom stereocenters. The van der Waals surface area contributed by atoms with Crippen LogP contribution in [0.25, 0.3) is 0 Å².